The van der Waals surface area contributed by atoms with Gasteiger partial charge in [-0.05, 0) is 45.2 Å². The van der Waals surface area contributed by atoms with E-state index in [1.165, 1.54) is 12.8 Å². The van der Waals surface area contributed by atoms with Crippen LogP contribution >= 0.6 is 0 Å². The SMILES string of the molecule is CCN(CC)c1ccc(CNC(=O)NC(C)c2nc(C3CCCC3)no2)cn1. The Morgan fingerprint density at radius 3 is 2.68 bits per heavy atom. The van der Waals surface area contributed by atoms with Crippen LogP contribution in [0.25, 0.3) is 0 Å². The molecular weight excluding hydrogens is 356 g/mol. The van der Waals surface area contributed by atoms with Crippen LogP contribution < -0.4 is 15.5 Å². The highest BCUT2D eigenvalue weighted by atomic mass is 16.5. The molecule has 8 nitrogen and oxygen atoms in total. The van der Waals surface area contributed by atoms with Crippen LogP contribution in [0, 0.1) is 0 Å². The second-order valence-corrected chi connectivity index (χ2v) is 7.22. The number of amides is 2. The quantitative estimate of drug-likeness (QED) is 0.720. The third kappa shape index (κ3) is 4.99. The summed E-state index contributed by atoms with van der Waals surface area (Å²) in [5.41, 5.74) is 0.944. The number of urea groups is 1. The maximum atomic E-state index is 12.2. The van der Waals surface area contributed by atoms with E-state index in [1.54, 1.807) is 6.20 Å². The van der Waals surface area contributed by atoms with Crippen molar-refractivity contribution in [3.05, 3.63) is 35.6 Å². The molecule has 0 saturated heterocycles. The summed E-state index contributed by atoms with van der Waals surface area (Å²) < 4.78 is 5.34. The van der Waals surface area contributed by atoms with Crippen molar-refractivity contribution in [3.8, 4) is 0 Å². The Bertz CT molecular complexity index is 750. The van der Waals surface area contributed by atoms with Gasteiger partial charge in [0.25, 0.3) is 0 Å². The topological polar surface area (TPSA) is 96.2 Å². The number of hydrogen-bond donors (Lipinski definition) is 2. The van der Waals surface area contributed by atoms with E-state index in [1.807, 2.05) is 19.1 Å². The molecule has 1 saturated carbocycles. The van der Waals surface area contributed by atoms with Gasteiger partial charge in [-0.25, -0.2) is 9.78 Å². The lowest BCUT2D eigenvalue weighted by atomic mass is 10.1. The largest absolute Gasteiger partial charge is 0.357 e. The molecule has 1 unspecified atom stereocenters. The van der Waals surface area contributed by atoms with Gasteiger partial charge in [0, 0.05) is 31.7 Å². The monoisotopic (exact) mass is 386 g/mol. The predicted octanol–water partition coefficient (Wildman–Crippen LogP) is 3.53. The smallest absolute Gasteiger partial charge is 0.315 e. The minimum Gasteiger partial charge on any atom is -0.357 e. The fraction of sp³-hybridized carbons (Fsp3) is 0.600. The van der Waals surface area contributed by atoms with Gasteiger partial charge >= 0.3 is 6.03 Å². The molecule has 1 aliphatic carbocycles. The number of hydrogen-bond acceptors (Lipinski definition) is 6. The van der Waals surface area contributed by atoms with Crippen molar-refractivity contribution >= 4 is 11.8 Å². The van der Waals surface area contributed by atoms with Gasteiger partial charge < -0.3 is 20.1 Å². The van der Waals surface area contributed by atoms with E-state index in [9.17, 15) is 4.79 Å². The Hall–Kier alpha value is -2.64. The summed E-state index contributed by atoms with van der Waals surface area (Å²) in [6, 6.07) is 3.34. The molecule has 0 aliphatic heterocycles. The molecule has 2 aromatic rings. The molecule has 152 valence electrons. The predicted molar refractivity (Wildman–Crippen MR) is 107 cm³/mol. The highest BCUT2D eigenvalue weighted by Crippen LogP contribution is 2.32. The summed E-state index contributed by atoms with van der Waals surface area (Å²) in [6.07, 6.45) is 6.46. The van der Waals surface area contributed by atoms with E-state index in [-0.39, 0.29) is 12.1 Å². The molecule has 8 heteroatoms. The first-order chi connectivity index (χ1) is 13.6. The average Bonchev–Trinajstić information content (AvgIpc) is 3.40. The normalized spacial score (nSPS) is 15.4. The lowest BCUT2D eigenvalue weighted by Gasteiger charge is -2.19. The summed E-state index contributed by atoms with van der Waals surface area (Å²) in [4.78, 5) is 23.3. The van der Waals surface area contributed by atoms with Gasteiger partial charge in [-0.2, -0.15) is 4.98 Å². The Labute approximate surface area is 166 Å². The number of nitrogens with zero attached hydrogens (tertiary/aromatic N) is 4. The molecule has 2 heterocycles. The van der Waals surface area contributed by atoms with Gasteiger partial charge in [-0.15, -0.1) is 0 Å². The molecule has 0 spiro atoms. The van der Waals surface area contributed by atoms with Gasteiger partial charge in [-0.1, -0.05) is 24.1 Å². The van der Waals surface area contributed by atoms with Crippen molar-refractivity contribution in [1.29, 1.82) is 0 Å². The van der Waals surface area contributed by atoms with Gasteiger partial charge in [0.1, 0.15) is 11.9 Å². The average molecular weight is 387 g/mol. The first-order valence-corrected chi connectivity index (χ1v) is 10.2. The lowest BCUT2D eigenvalue weighted by Crippen LogP contribution is -2.36. The standard InChI is InChI=1S/C20H30N6O2/c1-4-26(5-2)17-11-10-15(12-21-17)13-22-20(27)23-14(3)19-24-18(25-28-19)16-8-6-7-9-16/h10-12,14,16H,4-9,13H2,1-3H3,(H2,22,23,27). The van der Waals surface area contributed by atoms with Crippen LogP contribution in [0.3, 0.4) is 0 Å². The molecule has 3 rings (SSSR count). The molecule has 2 aromatic heterocycles. The van der Waals surface area contributed by atoms with E-state index in [2.05, 4.69) is 44.5 Å². The number of carbonyl (C=O) groups excluding carboxylic acids is 1. The van der Waals surface area contributed by atoms with E-state index >= 15 is 0 Å². The molecule has 2 amide bonds. The number of pyridine rings is 1. The second-order valence-electron chi connectivity index (χ2n) is 7.22. The zero-order valence-corrected chi connectivity index (χ0v) is 16.9. The summed E-state index contributed by atoms with van der Waals surface area (Å²) in [7, 11) is 0. The van der Waals surface area contributed by atoms with Crippen LogP contribution in [0.15, 0.2) is 22.9 Å². The summed E-state index contributed by atoms with van der Waals surface area (Å²) in [6.45, 7) is 8.28. The van der Waals surface area contributed by atoms with Gasteiger partial charge in [0.2, 0.25) is 5.89 Å². The van der Waals surface area contributed by atoms with E-state index in [4.69, 9.17) is 4.52 Å². The lowest BCUT2D eigenvalue weighted by molar-refractivity contribution is 0.233. The van der Waals surface area contributed by atoms with Crippen molar-refractivity contribution in [2.45, 2.75) is 65.0 Å². The minimum atomic E-state index is -0.342. The molecule has 2 N–H and O–H groups in total. The number of rotatable bonds is 8. The zero-order chi connectivity index (χ0) is 19.9. The third-order valence-corrected chi connectivity index (χ3v) is 5.25. The summed E-state index contributed by atoms with van der Waals surface area (Å²) in [5.74, 6) is 2.55. The fourth-order valence-electron chi connectivity index (χ4n) is 3.52. The Balaban J connectivity index is 1.47. The highest BCUT2D eigenvalue weighted by molar-refractivity contribution is 5.74. The second kappa shape index (κ2) is 9.52. The number of aromatic nitrogens is 3. The Morgan fingerprint density at radius 2 is 2.04 bits per heavy atom. The maximum absolute atomic E-state index is 12.2. The molecule has 0 bridgehead atoms. The summed E-state index contributed by atoms with van der Waals surface area (Å²) in [5, 5.41) is 9.77. The van der Waals surface area contributed by atoms with Gasteiger partial charge in [-0.3, -0.25) is 0 Å². The maximum Gasteiger partial charge on any atom is 0.315 e. The van der Waals surface area contributed by atoms with Crippen molar-refractivity contribution in [1.82, 2.24) is 25.8 Å². The molecule has 0 radical (unpaired) electrons. The molecule has 1 atom stereocenters. The van der Waals surface area contributed by atoms with Gasteiger partial charge in [0.05, 0.1) is 0 Å². The van der Waals surface area contributed by atoms with Crippen molar-refractivity contribution in [2.75, 3.05) is 18.0 Å². The van der Waals surface area contributed by atoms with Crippen LogP contribution in [-0.4, -0.2) is 34.2 Å². The summed E-state index contributed by atoms with van der Waals surface area (Å²) >= 11 is 0. The van der Waals surface area contributed by atoms with Crippen LogP contribution in [0.1, 0.15) is 75.7 Å². The van der Waals surface area contributed by atoms with Crippen molar-refractivity contribution in [3.63, 3.8) is 0 Å². The Morgan fingerprint density at radius 1 is 1.29 bits per heavy atom. The molecule has 0 aromatic carbocycles. The van der Waals surface area contributed by atoms with Gasteiger partial charge in [0.15, 0.2) is 5.82 Å². The fourth-order valence-corrected chi connectivity index (χ4v) is 3.52. The minimum absolute atomic E-state index is 0.277. The number of carbonyl (C=O) groups is 1. The Kier molecular flexibility index (Phi) is 6.84. The van der Waals surface area contributed by atoms with Crippen molar-refractivity contribution < 1.29 is 9.32 Å². The van der Waals surface area contributed by atoms with Crippen molar-refractivity contribution in [2.24, 2.45) is 0 Å². The zero-order valence-electron chi connectivity index (χ0n) is 16.9. The third-order valence-electron chi connectivity index (χ3n) is 5.25. The number of anilines is 1. The van der Waals surface area contributed by atoms with E-state index in [0.717, 1.165) is 43.1 Å². The van der Waals surface area contributed by atoms with Crippen LogP contribution in [0.2, 0.25) is 0 Å². The highest BCUT2D eigenvalue weighted by Gasteiger charge is 2.24. The number of nitrogens with one attached hydrogen (secondary N) is 2. The van der Waals surface area contributed by atoms with Crippen LogP contribution in [-0.2, 0) is 6.54 Å². The van der Waals surface area contributed by atoms with E-state index in [0.29, 0.717) is 18.4 Å². The van der Waals surface area contributed by atoms with Crippen LogP contribution in [0.4, 0.5) is 10.6 Å². The van der Waals surface area contributed by atoms with E-state index < -0.39 is 0 Å². The van der Waals surface area contributed by atoms with Crippen LogP contribution in [0.5, 0.6) is 0 Å². The first kappa shape index (κ1) is 20.1. The molecule has 1 fully saturated rings. The first-order valence-electron chi connectivity index (χ1n) is 10.2. The molecular formula is C20H30N6O2. The molecule has 1 aliphatic rings. The molecule has 28 heavy (non-hydrogen) atoms.